The summed E-state index contributed by atoms with van der Waals surface area (Å²) in [5, 5.41) is 2.87. The number of hydrogen-bond donors (Lipinski definition) is 1. The van der Waals surface area contributed by atoms with E-state index in [9.17, 15) is 14.4 Å². The van der Waals surface area contributed by atoms with Crippen molar-refractivity contribution in [3.8, 4) is 11.5 Å². The lowest BCUT2D eigenvalue weighted by Gasteiger charge is -2.19. The molecule has 0 bridgehead atoms. The number of carbonyl (C=O) groups excluding carboxylic acids is 3. The predicted octanol–water partition coefficient (Wildman–Crippen LogP) is 1.87. The molecule has 0 spiro atoms. The third-order valence-corrected chi connectivity index (χ3v) is 5.00. The van der Waals surface area contributed by atoms with Gasteiger partial charge in [0.15, 0.2) is 11.5 Å². The summed E-state index contributed by atoms with van der Waals surface area (Å²) in [6, 6.07) is 12.2. The van der Waals surface area contributed by atoms with Gasteiger partial charge in [0.25, 0.3) is 0 Å². The lowest BCUT2D eigenvalue weighted by atomic mass is 10.1. The van der Waals surface area contributed by atoms with E-state index in [1.54, 1.807) is 30.3 Å². The fourth-order valence-corrected chi connectivity index (χ4v) is 3.49. The largest absolute Gasteiger partial charge is 0.465 e. The molecule has 8 nitrogen and oxygen atoms in total. The zero-order chi connectivity index (χ0) is 20.4. The van der Waals surface area contributed by atoms with E-state index < -0.39 is 11.9 Å². The van der Waals surface area contributed by atoms with Gasteiger partial charge in [-0.05, 0) is 29.8 Å². The minimum atomic E-state index is -0.524. The third kappa shape index (κ3) is 3.73. The molecule has 1 saturated heterocycles. The van der Waals surface area contributed by atoms with Crippen LogP contribution in [0, 0.1) is 5.92 Å². The summed E-state index contributed by atoms with van der Waals surface area (Å²) in [4.78, 5) is 38.6. The van der Waals surface area contributed by atoms with Crippen LogP contribution in [0.5, 0.6) is 11.5 Å². The molecule has 8 heteroatoms. The van der Waals surface area contributed by atoms with Crippen LogP contribution in [0.4, 0.5) is 5.69 Å². The van der Waals surface area contributed by atoms with Crippen LogP contribution in [0.25, 0.3) is 0 Å². The van der Waals surface area contributed by atoms with E-state index in [1.165, 1.54) is 12.0 Å². The van der Waals surface area contributed by atoms with Gasteiger partial charge in [-0.2, -0.15) is 0 Å². The Morgan fingerprint density at radius 2 is 1.97 bits per heavy atom. The Bertz CT molecular complexity index is 973. The monoisotopic (exact) mass is 396 g/mol. The predicted molar refractivity (Wildman–Crippen MR) is 103 cm³/mol. The minimum absolute atomic E-state index is 0.0858. The van der Waals surface area contributed by atoms with Crippen molar-refractivity contribution in [1.29, 1.82) is 0 Å². The number of nitrogens with zero attached hydrogens (tertiary/aromatic N) is 1. The molecule has 0 radical (unpaired) electrons. The van der Waals surface area contributed by atoms with E-state index in [2.05, 4.69) is 5.32 Å². The first-order chi connectivity index (χ1) is 14.1. The Morgan fingerprint density at radius 3 is 2.79 bits per heavy atom. The van der Waals surface area contributed by atoms with Crippen molar-refractivity contribution in [2.24, 2.45) is 5.92 Å². The number of esters is 1. The number of ether oxygens (including phenoxy) is 3. The van der Waals surface area contributed by atoms with Crippen LogP contribution in [0.2, 0.25) is 0 Å². The van der Waals surface area contributed by atoms with Crippen molar-refractivity contribution >= 4 is 23.5 Å². The quantitative estimate of drug-likeness (QED) is 0.776. The standard InChI is InChI=1S/C21H20N2O6/c1-27-21(26)15-4-2-3-5-16(15)23-11-14(9-19(23)24)20(25)22-10-13-6-7-17-18(8-13)29-12-28-17/h2-8,14H,9-12H2,1H3,(H,22,25). The summed E-state index contributed by atoms with van der Waals surface area (Å²) < 4.78 is 15.4. The molecule has 150 valence electrons. The second kappa shape index (κ2) is 7.83. The van der Waals surface area contributed by atoms with E-state index in [-0.39, 0.29) is 31.6 Å². The molecule has 2 aromatic carbocycles. The van der Waals surface area contributed by atoms with Gasteiger partial charge in [-0.15, -0.1) is 0 Å². The average Bonchev–Trinajstić information content (AvgIpc) is 3.37. The maximum Gasteiger partial charge on any atom is 0.339 e. The number of anilines is 1. The van der Waals surface area contributed by atoms with Gasteiger partial charge in [0, 0.05) is 19.5 Å². The molecule has 1 fully saturated rings. The Labute approximate surface area is 167 Å². The molecule has 0 saturated carbocycles. The van der Waals surface area contributed by atoms with Crippen LogP contribution in [-0.4, -0.2) is 38.2 Å². The van der Waals surface area contributed by atoms with Gasteiger partial charge in [-0.3, -0.25) is 9.59 Å². The number of rotatable bonds is 5. The highest BCUT2D eigenvalue weighted by Gasteiger charge is 2.36. The Morgan fingerprint density at radius 1 is 1.17 bits per heavy atom. The molecule has 2 amide bonds. The maximum atomic E-state index is 12.6. The van der Waals surface area contributed by atoms with Gasteiger partial charge in [0.1, 0.15) is 0 Å². The lowest BCUT2D eigenvalue weighted by molar-refractivity contribution is -0.126. The van der Waals surface area contributed by atoms with Crippen LogP contribution in [0.3, 0.4) is 0 Å². The minimum Gasteiger partial charge on any atom is -0.465 e. The molecule has 29 heavy (non-hydrogen) atoms. The first-order valence-corrected chi connectivity index (χ1v) is 9.21. The molecule has 1 N–H and O–H groups in total. The van der Waals surface area contributed by atoms with E-state index in [0.717, 1.165) is 5.56 Å². The molecule has 0 aromatic heterocycles. The molecule has 2 aromatic rings. The second-order valence-electron chi connectivity index (χ2n) is 6.82. The van der Waals surface area contributed by atoms with Gasteiger partial charge < -0.3 is 24.4 Å². The number of carbonyl (C=O) groups is 3. The van der Waals surface area contributed by atoms with Crippen LogP contribution in [-0.2, 0) is 20.9 Å². The fraction of sp³-hybridized carbons (Fsp3) is 0.286. The van der Waals surface area contributed by atoms with Crippen molar-refractivity contribution in [2.75, 3.05) is 25.3 Å². The summed E-state index contributed by atoms with van der Waals surface area (Å²) in [5.74, 6) is -0.107. The van der Waals surface area contributed by atoms with Crippen molar-refractivity contribution in [3.05, 3.63) is 53.6 Å². The van der Waals surface area contributed by atoms with Crippen LogP contribution < -0.4 is 19.7 Å². The number of hydrogen-bond acceptors (Lipinski definition) is 6. The highest BCUT2D eigenvalue weighted by atomic mass is 16.7. The third-order valence-electron chi connectivity index (χ3n) is 5.00. The molecular formula is C21H20N2O6. The van der Waals surface area contributed by atoms with Gasteiger partial charge in [-0.1, -0.05) is 18.2 Å². The van der Waals surface area contributed by atoms with Gasteiger partial charge in [0.2, 0.25) is 18.6 Å². The Kier molecular flexibility index (Phi) is 5.07. The van der Waals surface area contributed by atoms with Gasteiger partial charge in [0.05, 0.1) is 24.3 Å². The van der Waals surface area contributed by atoms with Gasteiger partial charge >= 0.3 is 5.97 Å². The number of benzene rings is 2. The van der Waals surface area contributed by atoms with Crippen molar-refractivity contribution < 1.29 is 28.6 Å². The van der Waals surface area contributed by atoms with Crippen molar-refractivity contribution in [2.45, 2.75) is 13.0 Å². The molecule has 4 rings (SSSR count). The zero-order valence-corrected chi connectivity index (χ0v) is 15.8. The molecule has 2 aliphatic rings. The fourth-order valence-electron chi connectivity index (χ4n) is 3.49. The molecule has 1 unspecified atom stereocenters. The molecule has 0 aliphatic carbocycles. The highest BCUT2D eigenvalue weighted by molar-refractivity contribution is 6.05. The lowest BCUT2D eigenvalue weighted by Crippen LogP contribution is -2.33. The highest BCUT2D eigenvalue weighted by Crippen LogP contribution is 2.32. The van der Waals surface area contributed by atoms with E-state index >= 15 is 0 Å². The summed E-state index contributed by atoms with van der Waals surface area (Å²) >= 11 is 0. The van der Waals surface area contributed by atoms with Crippen LogP contribution in [0.15, 0.2) is 42.5 Å². The van der Waals surface area contributed by atoms with Crippen molar-refractivity contribution in [3.63, 3.8) is 0 Å². The first kappa shape index (κ1) is 18.8. The Balaban J connectivity index is 1.41. The second-order valence-corrected chi connectivity index (χ2v) is 6.82. The summed E-state index contributed by atoms with van der Waals surface area (Å²) in [6.45, 7) is 0.719. The number of para-hydroxylation sites is 1. The Hall–Kier alpha value is -3.55. The summed E-state index contributed by atoms with van der Waals surface area (Å²) in [5.41, 5.74) is 1.63. The van der Waals surface area contributed by atoms with E-state index in [4.69, 9.17) is 14.2 Å². The maximum absolute atomic E-state index is 12.6. The SMILES string of the molecule is COC(=O)c1ccccc1N1CC(C(=O)NCc2ccc3c(c2)OCO3)CC1=O. The zero-order valence-electron chi connectivity index (χ0n) is 15.8. The number of fused-ring (bicyclic) bond motifs is 1. The number of amides is 2. The number of nitrogens with one attached hydrogen (secondary N) is 1. The van der Waals surface area contributed by atoms with Crippen LogP contribution in [0.1, 0.15) is 22.3 Å². The van der Waals surface area contributed by atoms with Gasteiger partial charge in [-0.25, -0.2) is 4.79 Å². The molecule has 1 atom stereocenters. The molecule has 2 aliphatic heterocycles. The topological polar surface area (TPSA) is 94.2 Å². The molecule has 2 heterocycles. The summed E-state index contributed by atoms with van der Waals surface area (Å²) in [7, 11) is 1.29. The van der Waals surface area contributed by atoms with E-state index in [1.807, 2.05) is 12.1 Å². The number of methoxy groups -OCH3 is 1. The smallest absolute Gasteiger partial charge is 0.339 e. The first-order valence-electron chi connectivity index (χ1n) is 9.21. The van der Waals surface area contributed by atoms with E-state index in [0.29, 0.717) is 29.3 Å². The van der Waals surface area contributed by atoms with Crippen molar-refractivity contribution in [1.82, 2.24) is 5.32 Å². The summed E-state index contributed by atoms with van der Waals surface area (Å²) in [6.07, 6.45) is 0.0858. The normalized spacial score (nSPS) is 17.3. The molecular weight excluding hydrogens is 376 g/mol. The average molecular weight is 396 g/mol. The van der Waals surface area contributed by atoms with Crippen LogP contribution >= 0.6 is 0 Å².